The summed E-state index contributed by atoms with van der Waals surface area (Å²) < 4.78 is 5.38. The number of carbonyl (C=O) groups is 2. The lowest BCUT2D eigenvalue weighted by Crippen LogP contribution is -2.41. The predicted octanol–water partition coefficient (Wildman–Crippen LogP) is 3.19. The van der Waals surface area contributed by atoms with E-state index in [1.165, 1.54) is 4.88 Å². The molecule has 1 saturated heterocycles. The number of carbonyl (C=O) groups excluding carboxylic acids is 2. The second kappa shape index (κ2) is 9.73. The van der Waals surface area contributed by atoms with Gasteiger partial charge in [-0.15, -0.1) is 11.3 Å². The van der Waals surface area contributed by atoms with Crippen LogP contribution in [0.1, 0.15) is 44.5 Å². The molecule has 1 fully saturated rings. The largest absolute Gasteiger partial charge is 0.379 e. The molecule has 1 aliphatic carbocycles. The van der Waals surface area contributed by atoms with Crippen molar-refractivity contribution in [3.05, 3.63) is 51.9 Å². The smallest absolute Gasteiger partial charge is 0.256 e. The Morgan fingerprint density at radius 3 is 2.70 bits per heavy atom. The molecule has 6 nitrogen and oxygen atoms in total. The molecule has 2 heterocycles. The van der Waals surface area contributed by atoms with Crippen molar-refractivity contribution in [2.75, 3.05) is 44.7 Å². The third-order valence-corrected chi connectivity index (χ3v) is 6.99. The van der Waals surface area contributed by atoms with Crippen molar-refractivity contribution in [1.82, 2.24) is 10.2 Å². The van der Waals surface area contributed by atoms with Gasteiger partial charge in [0.05, 0.1) is 18.8 Å². The molecule has 160 valence electrons. The Balaban J connectivity index is 1.49. The first kappa shape index (κ1) is 21.0. The van der Waals surface area contributed by atoms with E-state index in [-0.39, 0.29) is 11.8 Å². The van der Waals surface area contributed by atoms with Crippen molar-refractivity contribution in [2.24, 2.45) is 5.92 Å². The van der Waals surface area contributed by atoms with Crippen LogP contribution in [0.15, 0.2) is 30.3 Å². The van der Waals surface area contributed by atoms with Gasteiger partial charge in [-0.25, -0.2) is 0 Å². The number of morpholine rings is 1. The van der Waals surface area contributed by atoms with Crippen LogP contribution in [0.25, 0.3) is 0 Å². The molecule has 1 aliphatic heterocycles. The highest BCUT2D eigenvalue weighted by Gasteiger charge is 2.28. The molecule has 1 aromatic heterocycles. The first-order chi connectivity index (χ1) is 14.6. The minimum Gasteiger partial charge on any atom is -0.379 e. The van der Waals surface area contributed by atoms with Crippen molar-refractivity contribution in [1.29, 1.82) is 0 Å². The van der Waals surface area contributed by atoms with Gasteiger partial charge in [0, 0.05) is 36.6 Å². The maximum Gasteiger partial charge on any atom is 0.256 e. The Hall–Kier alpha value is -2.22. The molecule has 0 bridgehead atoms. The third-order valence-electron chi connectivity index (χ3n) is 5.82. The van der Waals surface area contributed by atoms with Crippen molar-refractivity contribution in [3.63, 3.8) is 0 Å². The topological polar surface area (TPSA) is 70.7 Å². The SMILES string of the molecule is CC1CCc2c(sc(NC(=O)c3ccccc3)c2C(=O)NCCN2CCOCC2)C1. The minimum absolute atomic E-state index is 0.0846. The first-order valence-electron chi connectivity index (χ1n) is 10.7. The number of anilines is 1. The van der Waals surface area contributed by atoms with Crippen LogP contribution in [0.3, 0.4) is 0 Å². The van der Waals surface area contributed by atoms with Gasteiger partial charge in [-0.05, 0) is 42.9 Å². The Morgan fingerprint density at radius 2 is 1.93 bits per heavy atom. The minimum atomic E-state index is -0.176. The third kappa shape index (κ3) is 4.91. The summed E-state index contributed by atoms with van der Waals surface area (Å²) in [5.74, 6) is 0.342. The summed E-state index contributed by atoms with van der Waals surface area (Å²) in [4.78, 5) is 29.4. The highest BCUT2D eigenvalue weighted by atomic mass is 32.1. The standard InChI is InChI=1S/C23H29N3O3S/c1-16-7-8-18-19(15-16)30-23(25-21(27)17-5-3-2-4-6-17)20(18)22(28)24-9-10-26-11-13-29-14-12-26/h2-6,16H,7-15H2,1H3,(H,24,28)(H,25,27). The zero-order valence-corrected chi connectivity index (χ0v) is 18.2. The molecule has 7 heteroatoms. The molecule has 30 heavy (non-hydrogen) atoms. The van der Waals surface area contributed by atoms with Gasteiger partial charge < -0.3 is 15.4 Å². The number of amides is 2. The summed E-state index contributed by atoms with van der Waals surface area (Å²) in [6.07, 6.45) is 2.93. The average molecular weight is 428 g/mol. The fourth-order valence-electron chi connectivity index (χ4n) is 4.08. The van der Waals surface area contributed by atoms with E-state index in [9.17, 15) is 9.59 Å². The molecule has 0 spiro atoms. The summed E-state index contributed by atoms with van der Waals surface area (Å²) in [6.45, 7) is 6.95. The van der Waals surface area contributed by atoms with Crippen molar-refractivity contribution >= 4 is 28.2 Å². The molecule has 0 radical (unpaired) electrons. The van der Waals surface area contributed by atoms with Crippen molar-refractivity contribution in [2.45, 2.75) is 26.2 Å². The van der Waals surface area contributed by atoms with E-state index < -0.39 is 0 Å². The lowest BCUT2D eigenvalue weighted by atomic mass is 9.88. The summed E-state index contributed by atoms with van der Waals surface area (Å²) in [6, 6.07) is 9.14. The number of nitrogens with one attached hydrogen (secondary N) is 2. The predicted molar refractivity (Wildman–Crippen MR) is 119 cm³/mol. The van der Waals surface area contributed by atoms with E-state index in [1.807, 2.05) is 18.2 Å². The summed E-state index contributed by atoms with van der Waals surface area (Å²) in [5, 5.41) is 6.77. The first-order valence-corrected chi connectivity index (χ1v) is 11.5. The van der Waals surface area contributed by atoms with E-state index in [0.29, 0.717) is 28.6 Å². The number of nitrogens with zero attached hydrogens (tertiary/aromatic N) is 1. The zero-order chi connectivity index (χ0) is 20.9. The van der Waals surface area contributed by atoms with Crippen LogP contribution in [0.2, 0.25) is 0 Å². The molecule has 1 unspecified atom stereocenters. The highest BCUT2D eigenvalue weighted by molar-refractivity contribution is 7.17. The number of hydrogen-bond donors (Lipinski definition) is 2. The molecule has 1 atom stereocenters. The molecule has 2 aliphatic rings. The van der Waals surface area contributed by atoms with Gasteiger partial charge in [0.15, 0.2) is 0 Å². The Kier molecular flexibility index (Phi) is 6.82. The lowest BCUT2D eigenvalue weighted by Gasteiger charge is -2.26. The van der Waals surface area contributed by atoms with Gasteiger partial charge in [-0.1, -0.05) is 25.1 Å². The van der Waals surface area contributed by atoms with Gasteiger partial charge in [-0.2, -0.15) is 0 Å². The van der Waals surface area contributed by atoms with Gasteiger partial charge >= 0.3 is 0 Å². The van der Waals surface area contributed by atoms with E-state index in [1.54, 1.807) is 23.5 Å². The van der Waals surface area contributed by atoms with Crippen LogP contribution in [0, 0.1) is 5.92 Å². The lowest BCUT2D eigenvalue weighted by molar-refractivity contribution is 0.0383. The average Bonchev–Trinajstić information content (AvgIpc) is 3.11. The summed E-state index contributed by atoms with van der Waals surface area (Å²) in [7, 11) is 0. The molecule has 2 amide bonds. The Labute approximate surface area is 181 Å². The van der Waals surface area contributed by atoms with Crippen LogP contribution in [0.4, 0.5) is 5.00 Å². The highest BCUT2D eigenvalue weighted by Crippen LogP contribution is 2.39. The van der Waals surface area contributed by atoms with Crippen LogP contribution in [-0.2, 0) is 17.6 Å². The number of rotatable bonds is 6. The van der Waals surface area contributed by atoms with Crippen molar-refractivity contribution < 1.29 is 14.3 Å². The fourth-order valence-corrected chi connectivity index (χ4v) is 5.49. The van der Waals surface area contributed by atoms with Gasteiger partial charge in [0.25, 0.3) is 11.8 Å². The fraction of sp³-hybridized carbons (Fsp3) is 0.478. The van der Waals surface area contributed by atoms with Gasteiger partial charge in [-0.3, -0.25) is 14.5 Å². The maximum absolute atomic E-state index is 13.1. The number of ether oxygens (including phenoxy) is 1. The van der Waals surface area contributed by atoms with Crippen LogP contribution < -0.4 is 10.6 Å². The van der Waals surface area contributed by atoms with Crippen LogP contribution in [-0.4, -0.2) is 56.1 Å². The molecular formula is C23H29N3O3S. The van der Waals surface area contributed by atoms with Gasteiger partial charge in [0.1, 0.15) is 5.00 Å². The van der Waals surface area contributed by atoms with E-state index in [2.05, 4.69) is 22.5 Å². The maximum atomic E-state index is 13.1. The molecule has 1 aromatic carbocycles. The number of fused-ring (bicyclic) bond motifs is 1. The van der Waals surface area contributed by atoms with Gasteiger partial charge in [0.2, 0.25) is 0 Å². The Morgan fingerprint density at radius 1 is 1.17 bits per heavy atom. The van der Waals surface area contributed by atoms with Crippen LogP contribution in [0.5, 0.6) is 0 Å². The molecule has 2 N–H and O–H groups in total. The number of benzene rings is 1. The van der Waals surface area contributed by atoms with E-state index in [0.717, 1.165) is 57.7 Å². The molecule has 0 saturated carbocycles. The second-order valence-corrected chi connectivity index (χ2v) is 9.19. The number of hydrogen-bond acceptors (Lipinski definition) is 5. The van der Waals surface area contributed by atoms with E-state index >= 15 is 0 Å². The summed E-state index contributed by atoms with van der Waals surface area (Å²) in [5.41, 5.74) is 2.37. The quantitative estimate of drug-likeness (QED) is 0.743. The molecular weight excluding hydrogens is 398 g/mol. The van der Waals surface area contributed by atoms with Crippen molar-refractivity contribution in [3.8, 4) is 0 Å². The monoisotopic (exact) mass is 427 g/mol. The molecule has 2 aromatic rings. The summed E-state index contributed by atoms with van der Waals surface area (Å²) >= 11 is 1.56. The number of thiophene rings is 1. The Bertz CT molecular complexity index is 891. The normalized spacial score (nSPS) is 19.2. The second-order valence-electron chi connectivity index (χ2n) is 8.09. The van der Waals surface area contributed by atoms with E-state index in [4.69, 9.17) is 4.74 Å². The zero-order valence-electron chi connectivity index (χ0n) is 17.4. The van der Waals surface area contributed by atoms with Crippen LogP contribution >= 0.6 is 11.3 Å². The molecule has 4 rings (SSSR count).